The summed E-state index contributed by atoms with van der Waals surface area (Å²) in [5.74, 6) is 0. The van der Waals surface area contributed by atoms with Gasteiger partial charge in [-0.15, -0.1) is 0 Å². The van der Waals surface area contributed by atoms with E-state index in [0.29, 0.717) is 18.4 Å². The highest BCUT2D eigenvalue weighted by molar-refractivity contribution is 7.88. The van der Waals surface area contributed by atoms with E-state index in [4.69, 9.17) is 0 Å². The quantitative estimate of drug-likeness (QED) is 0.538. The largest absolute Gasteiger partial charge is 0.213 e. The number of rotatable bonds is 1. The topological polar surface area (TPSA) is 37.4 Å². The number of piperidine rings is 1. The van der Waals surface area contributed by atoms with Crippen LogP contribution in [0.3, 0.4) is 0 Å². The summed E-state index contributed by atoms with van der Waals surface area (Å²) < 4.78 is 23.8. The average molecular weight is 189 g/mol. The first-order chi connectivity index (χ1) is 5.31. The van der Waals surface area contributed by atoms with Crippen LogP contribution >= 0.6 is 0 Å². The van der Waals surface area contributed by atoms with E-state index < -0.39 is 10.0 Å². The Morgan fingerprint density at radius 2 is 1.75 bits per heavy atom. The van der Waals surface area contributed by atoms with Crippen LogP contribution in [-0.4, -0.2) is 39.9 Å². The van der Waals surface area contributed by atoms with Crippen LogP contribution in [0.5, 0.6) is 0 Å². The summed E-state index contributed by atoms with van der Waals surface area (Å²) in [5, 5.41) is 0.321. The molecule has 0 atom stereocenters. The monoisotopic (exact) mass is 189 g/mol. The molecule has 1 heterocycles. The van der Waals surface area contributed by atoms with E-state index in [2.05, 4.69) is 14.8 Å². The molecule has 3 nitrogen and oxygen atoms in total. The molecule has 70 valence electrons. The first-order valence-electron chi connectivity index (χ1n) is 4.26. The van der Waals surface area contributed by atoms with E-state index >= 15 is 0 Å². The highest BCUT2D eigenvalue weighted by Crippen LogP contribution is 2.34. The summed E-state index contributed by atoms with van der Waals surface area (Å²) in [5.41, 5.74) is 0. The van der Waals surface area contributed by atoms with E-state index in [1.165, 1.54) is 6.26 Å². The molecule has 0 aromatic carbocycles. The maximum absolute atomic E-state index is 11.1. The van der Waals surface area contributed by atoms with Crippen LogP contribution in [0.4, 0.5) is 0 Å². The first kappa shape index (κ1) is 10.1. The highest BCUT2D eigenvalue weighted by Gasteiger charge is 2.29. The minimum absolute atomic E-state index is 0.321. The van der Waals surface area contributed by atoms with Gasteiger partial charge in [-0.3, -0.25) is 0 Å². The Morgan fingerprint density at radius 1 is 1.33 bits per heavy atom. The van der Waals surface area contributed by atoms with Gasteiger partial charge in [-0.1, -0.05) is 12.2 Å². The van der Waals surface area contributed by atoms with Crippen LogP contribution in [0, 0.1) is 0 Å². The lowest BCUT2D eigenvalue weighted by molar-refractivity contribution is 0.301. The first-order valence-corrected chi connectivity index (χ1v) is 6.11. The summed E-state index contributed by atoms with van der Waals surface area (Å²) in [6.45, 7) is 3.56. The van der Waals surface area contributed by atoms with Crippen molar-refractivity contribution in [3.05, 3.63) is 0 Å². The lowest BCUT2D eigenvalue weighted by atomic mass is 9.65. The molecular formula is C7H16BNO2S. The van der Waals surface area contributed by atoms with E-state index in [1.54, 1.807) is 4.31 Å². The van der Waals surface area contributed by atoms with Gasteiger partial charge in [-0.05, 0) is 12.8 Å². The van der Waals surface area contributed by atoms with Gasteiger partial charge in [0.15, 0.2) is 0 Å². The maximum atomic E-state index is 11.1. The predicted molar refractivity (Wildman–Crippen MR) is 52.6 cm³/mol. The fourth-order valence-corrected chi connectivity index (χ4v) is 2.27. The third-order valence-corrected chi connectivity index (χ3v) is 3.85. The molecule has 0 bridgehead atoms. The van der Waals surface area contributed by atoms with Crippen molar-refractivity contribution < 1.29 is 8.42 Å². The summed E-state index contributed by atoms with van der Waals surface area (Å²) >= 11 is 0. The second-order valence-corrected chi connectivity index (χ2v) is 6.31. The molecule has 12 heavy (non-hydrogen) atoms. The minimum Gasteiger partial charge on any atom is -0.213 e. The van der Waals surface area contributed by atoms with Crippen molar-refractivity contribution in [2.45, 2.75) is 25.1 Å². The van der Waals surface area contributed by atoms with E-state index in [9.17, 15) is 8.42 Å². The lowest BCUT2D eigenvalue weighted by Gasteiger charge is -2.35. The second kappa shape index (κ2) is 3.03. The molecule has 0 aromatic heterocycles. The van der Waals surface area contributed by atoms with Gasteiger partial charge in [-0.25, -0.2) is 12.7 Å². The Balaban J connectivity index is 2.59. The Kier molecular flexibility index (Phi) is 2.54. The van der Waals surface area contributed by atoms with Gasteiger partial charge in [-0.2, -0.15) is 0 Å². The van der Waals surface area contributed by atoms with Crippen molar-refractivity contribution in [1.29, 1.82) is 0 Å². The molecule has 1 aliphatic rings. The van der Waals surface area contributed by atoms with Crippen molar-refractivity contribution in [1.82, 2.24) is 4.31 Å². The van der Waals surface area contributed by atoms with Crippen LogP contribution in [0.2, 0.25) is 5.31 Å². The zero-order valence-corrected chi connectivity index (χ0v) is 8.82. The minimum atomic E-state index is -2.94. The fraction of sp³-hybridized carbons (Fsp3) is 1.00. The molecule has 0 N–H and O–H groups in total. The van der Waals surface area contributed by atoms with Crippen molar-refractivity contribution in [2.75, 3.05) is 19.3 Å². The molecule has 0 amide bonds. The Morgan fingerprint density at radius 3 is 2.08 bits per heavy atom. The number of nitrogens with zero attached hydrogens (tertiary/aromatic N) is 1. The van der Waals surface area contributed by atoms with E-state index in [0.717, 1.165) is 12.8 Å². The van der Waals surface area contributed by atoms with Crippen LogP contribution in [0.25, 0.3) is 0 Å². The molecule has 1 aliphatic heterocycles. The number of hydrogen-bond donors (Lipinski definition) is 0. The van der Waals surface area contributed by atoms with Gasteiger partial charge in [0, 0.05) is 13.1 Å². The molecule has 0 spiro atoms. The van der Waals surface area contributed by atoms with Gasteiger partial charge < -0.3 is 0 Å². The third kappa shape index (κ3) is 2.49. The van der Waals surface area contributed by atoms with E-state index in [-0.39, 0.29) is 0 Å². The van der Waals surface area contributed by atoms with Crippen LogP contribution in [-0.2, 0) is 10.0 Å². The molecule has 0 radical (unpaired) electrons. The summed E-state index contributed by atoms with van der Waals surface area (Å²) in [4.78, 5) is 0. The van der Waals surface area contributed by atoms with Crippen LogP contribution in [0.1, 0.15) is 19.8 Å². The standard InChI is InChI=1S/C7H16BNO2S/c1-7(8)3-5-9(6-4-7)12(2,10)11/h3-6,8H2,1-2H3. The highest BCUT2D eigenvalue weighted by atomic mass is 32.2. The van der Waals surface area contributed by atoms with E-state index in [1.807, 2.05) is 0 Å². The van der Waals surface area contributed by atoms with Crippen molar-refractivity contribution in [3.8, 4) is 0 Å². The molecule has 0 aromatic rings. The number of sulfonamides is 1. The normalized spacial score (nSPS) is 25.5. The molecule has 5 heteroatoms. The molecule has 1 saturated heterocycles. The Bertz CT molecular complexity index is 251. The van der Waals surface area contributed by atoms with Crippen molar-refractivity contribution in [2.24, 2.45) is 0 Å². The number of hydrogen-bond acceptors (Lipinski definition) is 2. The van der Waals surface area contributed by atoms with Crippen molar-refractivity contribution in [3.63, 3.8) is 0 Å². The lowest BCUT2D eigenvalue weighted by Crippen LogP contribution is -2.39. The molecule has 1 rings (SSSR count). The summed E-state index contributed by atoms with van der Waals surface area (Å²) in [6, 6.07) is 0. The summed E-state index contributed by atoms with van der Waals surface area (Å²) in [6.07, 6.45) is 3.23. The maximum Gasteiger partial charge on any atom is 0.211 e. The molecule has 0 unspecified atom stereocenters. The average Bonchev–Trinajstić information content (AvgIpc) is 1.83. The molecule has 0 saturated carbocycles. The summed E-state index contributed by atoms with van der Waals surface area (Å²) in [7, 11) is -0.756. The predicted octanol–water partition coefficient (Wildman–Crippen LogP) is -0.147. The zero-order valence-electron chi connectivity index (χ0n) is 8.00. The SMILES string of the molecule is BC1(C)CCN(S(C)(=O)=O)CC1. The van der Waals surface area contributed by atoms with Gasteiger partial charge in [0.25, 0.3) is 0 Å². The molecule has 0 aliphatic carbocycles. The second-order valence-electron chi connectivity index (χ2n) is 4.33. The van der Waals surface area contributed by atoms with Gasteiger partial charge in [0.2, 0.25) is 10.0 Å². The van der Waals surface area contributed by atoms with Gasteiger partial charge >= 0.3 is 0 Å². The molecule has 1 fully saturated rings. The van der Waals surface area contributed by atoms with Crippen LogP contribution < -0.4 is 0 Å². The van der Waals surface area contributed by atoms with Gasteiger partial charge in [0.05, 0.1) is 6.26 Å². The molecular weight excluding hydrogens is 173 g/mol. The fourth-order valence-electron chi connectivity index (χ4n) is 1.42. The van der Waals surface area contributed by atoms with Crippen LogP contribution in [0.15, 0.2) is 0 Å². The van der Waals surface area contributed by atoms with Crippen molar-refractivity contribution >= 4 is 17.9 Å². The Hall–Kier alpha value is -0.0251. The zero-order chi connectivity index (χ0) is 9.41. The third-order valence-electron chi connectivity index (χ3n) is 2.54. The van der Waals surface area contributed by atoms with Gasteiger partial charge in [0.1, 0.15) is 7.85 Å². The Labute approximate surface area is 75.6 Å². The smallest absolute Gasteiger partial charge is 0.211 e.